The SMILES string of the molecule is O=C(O)c1ccc2nc(Oc3cc(Cl)cc(Cl)c3)oc2c1. The molecule has 0 unspecified atom stereocenters. The summed E-state index contributed by atoms with van der Waals surface area (Å²) >= 11 is 11.7. The number of carboxylic acids is 1. The number of hydrogen-bond acceptors (Lipinski definition) is 4. The second-order valence-electron chi connectivity index (χ2n) is 4.17. The third kappa shape index (κ3) is 2.94. The number of aromatic carboxylic acids is 1. The van der Waals surface area contributed by atoms with Crippen molar-refractivity contribution >= 4 is 40.3 Å². The molecule has 0 saturated heterocycles. The maximum absolute atomic E-state index is 10.9. The van der Waals surface area contributed by atoms with Gasteiger partial charge in [-0.3, -0.25) is 0 Å². The summed E-state index contributed by atoms with van der Waals surface area (Å²) in [5.41, 5.74) is 0.914. The Balaban J connectivity index is 1.95. The zero-order valence-corrected chi connectivity index (χ0v) is 11.9. The molecule has 0 spiro atoms. The highest BCUT2D eigenvalue weighted by atomic mass is 35.5. The molecule has 1 heterocycles. The van der Waals surface area contributed by atoms with Gasteiger partial charge in [-0.15, -0.1) is 0 Å². The summed E-state index contributed by atoms with van der Waals surface area (Å²) in [6.45, 7) is 0. The van der Waals surface area contributed by atoms with E-state index in [1.165, 1.54) is 12.1 Å². The number of benzene rings is 2. The van der Waals surface area contributed by atoms with Crippen LogP contribution < -0.4 is 4.74 Å². The monoisotopic (exact) mass is 323 g/mol. The van der Waals surface area contributed by atoms with E-state index in [0.29, 0.717) is 26.9 Å². The van der Waals surface area contributed by atoms with Gasteiger partial charge < -0.3 is 14.3 Å². The molecule has 0 aliphatic rings. The molecule has 1 N–H and O–H groups in total. The highest BCUT2D eigenvalue weighted by Gasteiger charge is 2.11. The maximum atomic E-state index is 10.9. The van der Waals surface area contributed by atoms with Crippen LogP contribution in [0.1, 0.15) is 10.4 Å². The highest BCUT2D eigenvalue weighted by molar-refractivity contribution is 6.34. The summed E-state index contributed by atoms with van der Waals surface area (Å²) in [5.74, 6) is -0.671. The van der Waals surface area contributed by atoms with E-state index in [0.717, 1.165) is 0 Å². The number of aromatic nitrogens is 1. The van der Waals surface area contributed by atoms with E-state index in [4.69, 9.17) is 37.5 Å². The molecule has 0 amide bonds. The maximum Gasteiger partial charge on any atom is 0.400 e. The van der Waals surface area contributed by atoms with Crippen molar-refractivity contribution in [3.63, 3.8) is 0 Å². The molecule has 7 heteroatoms. The largest absolute Gasteiger partial charge is 0.478 e. The molecular formula is C14H7Cl2NO4. The van der Waals surface area contributed by atoms with Gasteiger partial charge >= 0.3 is 12.0 Å². The molecule has 0 radical (unpaired) electrons. The topological polar surface area (TPSA) is 72.6 Å². The second kappa shape index (κ2) is 5.27. The predicted molar refractivity (Wildman–Crippen MR) is 77.5 cm³/mol. The van der Waals surface area contributed by atoms with Crippen LogP contribution in [0.4, 0.5) is 0 Å². The van der Waals surface area contributed by atoms with Crippen molar-refractivity contribution in [2.75, 3.05) is 0 Å². The molecular weight excluding hydrogens is 317 g/mol. The number of ether oxygens (including phenoxy) is 1. The Morgan fingerprint density at radius 2 is 1.86 bits per heavy atom. The normalized spacial score (nSPS) is 10.8. The summed E-state index contributed by atoms with van der Waals surface area (Å²) in [5, 5.41) is 9.76. The van der Waals surface area contributed by atoms with E-state index in [2.05, 4.69) is 4.98 Å². The number of carboxylic acid groups (broad SMARTS) is 1. The minimum absolute atomic E-state index is 0.0223. The Bertz CT molecular complexity index is 824. The quantitative estimate of drug-likeness (QED) is 0.761. The van der Waals surface area contributed by atoms with Crippen LogP contribution >= 0.6 is 23.2 Å². The zero-order chi connectivity index (χ0) is 15.0. The number of fused-ring (bicyclic) bond motifs is 1. The number of nitrogens with zero attached hydrogens (tertiary/aromatic N) is 1. The predicted octanol–water partition coefficient (Wildman–Crippen LogP) is 4.63. The third-order valence-corrected chi connectivity index (χ3v) is 3.09. The number of halogens is 2. The summed E-state index contributed by atoms with van der Waals surface area (Å²) in [6, 6.07) is 9.05. The van der Waals surface area contributed by atoms with Crippen LogP contribution in [0, 0.1) is 0 Å². The van der Waals surface area contributed by atoms with Gasteiger partial charge in [-0.05, 0) is 36.4 Å². The fourth-order valence-corrected chi connectivity index (χ4v) is 2.27. The molecule has 3 rings (SSSR count). The molecule has 0 bridgehead atoms. The number of carbonyl (C=O) groups is 1. The summed E-state index contributed by atoms with van der Waals surface area (Å²) in [4.78, 5) is 15.0. The Morgan fingerprint density at radius 3 is 2.52 bits per heavy atom. The van der Waals surface area contributed by atoms with Gasteiger partial charge in [-0.25, -0.2) is 4.79 Å². The van der Waals surface area contributed by atoms with E-state index < -0.39 is 5.97 Å². The summed E-state index contributed by atoms with van der Waals surface area (Å²) in [7, 11) is 0. The second-order valence-corrected chi connectivity index (χ2v) is 5.05. The lowest BCUT2D eigenvalue weighted by atomic mass is 10.2. The van der Waals surface area contributed by atoms with Crippen LogP contribution in [0.2, 0.25) is 10.0 Å². The fourth-order valence-electron chi connectivity index (χ4n) is 1.77. The smallest absolute Gasteiger partial charge is 0.400 e. The number of hydrogen-bond donors (Lipinski definition) is 1. The van der Waals surface area contributed by atoms with Gasteiger partial charge in [0.2, 0.25) is 0 Å². The van der Waals surface area contributed by atoms with Crippen LogP contribution in [-0.2, 0) is 0 Å². The first-order chi connectivity index (χ1) is 10.0. The van der Waals surface area contributed by atoms with Crippen LogP contribution in [0.3, 0.4) is 0 Å². The molecule has 21 heavy (non-hydrogen) atoms. The first-order valence-corrected chi connectivity index (χ1v) is 6.55. The van der Waals surface area contributed by atoms with Crippen LogP contribution in [0.25, 0.3) is 11.1 Å². The molecule has 106 valence electrons. The standard InChI is InChI=1S/C14H7Cl2NO4/c15-8-4-9(16)6-10(5-8)20-14-17-11-2-1-7(13(18)19)3-12(11)21-14/h1-6H,(H,18,19). The van der Waals surface area contributed by atoms with Crippen LogP contribution in [0.5, 0.6) is 11.8 Å². The Morgan fingerprint density at radius 1 is 1.14 bits per heavy atom. The van der Waals surface area contributed by atoms with Gasteiger partial charge in [-0.2, -0.15) is 4.98 Å². The molecule has 1 aromatic heterocycles. The van der Waals surface area contributed by atoms with Gasteiger partial charge in [0.1, 0.15) is 11.3 Å². The molecule has 2 aromatic carbocycles. The van der Waals surface area contributed by atoms with Crippen molar-refractivity contribution in [1.82, 2.24) is 4.98 Å². The first-order valence-electron chi connectivity index (χ1n) is 5.79. The summed E-state index contributed by atoms with van der Waals surface area (Å²) in [6.07, 6.45) is -0.0223. The van der Waals surface area contributed by atoms with Gasteiger partial charge in [-0.1, -0.05) is 23.2 Å². The lowest BCUT2D eigenvalue weighted by molar-refractivity contribution is 0.0697. The molecule has 0 saturated carbocycles. The van der Waals surface area contributed by atoms with Gasteiger partial charge in [0, 0.05) is 10.0 Å². The van der Waals surface area contributed by atoms with E-state index in [1.807, 2.05) is 0 Å². The lowest BCUT2D eigenvalue weighted by Gasteiger charge is -2.01. The molecule has 0 aliphatic carbocycles. The number of oxazole rings is 1. The Kier molecular flexibility index (Phi) is 3.45. The fraction of sp³-hybridized carbons (Fsp3) is 0. The Hall–Kier alpha value is -2.24. The van der Waals surface area contributed by atoms with E-state index in [1.54, 1.807) is 24.3 Å². The first kappa shape index (κ1) is 13.7. The van der Waals surface area contributed by atoms with Crippen molar-refractivity contribution in [1.29, 1.82) is 0 Å². The lowest BCUT2D eigenvalue weighted by Crippen LogP contribution is -1.94. The van der Waals surface area contributed by atoms with Crippen molar-refractivity contribution in [2.45, 2.75) is 0 Å². The van der Waals surface area contributed by atoms with Gasteiger partial charge in [0.05, 0.1) is 5.56 Å². The molecule has 0 fully saturated rings. The molecule has 3 aromatic rings. The van der Waals surface area contributed by atoms with Crippen molar-refractivity contribution < 1.29 is 19.1 Å². The van der Waals surface area contributed by atoms with Crippen LogP contribution in [-0.4, -0.2) is 16.1 Å². The van der Waals surface area contributed by atoms with Gasteiger partial charge in [0.25, 0.3) is 0 Å². The number of rotatable bonds is 3. The molecule has 0 atom stereocenters. The highest BCUT2D eigenvalue weighted by Crippen LogP contribution is 2.30. The Labute approximate surface area is 128 Å². The van der Waals surface area contributed by atoms with Gasteiger partial charge in [0.15, 0.2) is 5.58 Å². The zero-order valence-electron chi connectivity index (χ0n) is 10.3. The van der Waals surface area contributed by atoms with Crippen molar-refractivity contribution in [2.24, 2.45) is 0 Å². The minimum Gasteiger partial charge on any atom is -0.478 e. The van der Waals surface area contributed by atoms with E-state index in [-0.39, 0.29) is 11.6 Å². The van der Waals surface area contributed by atoms with Crippen LogP contribution in [0.15, 0.2) is 40.8 Å². The minimum atomic E-state index is -1.04. The average Bonchev–Trinajstić information content (AvgIpc) is 2.78. The van der Waals surface area contributed by atoms with E-state index in [9.17, 15) is 4.79 Å². The average molecular weight is 324 g/mol. The van der Waals surface area contributed by atoms with Crippen molar-refractivity contribution in [3.05, 3.63) is 52.0 Å². The van der Waals surface area contributed by atoms with E-state index >= 15 is 0 Å². The third-order valence-electron chi connectivity index (χ3n) is 2.66. The van der Waals surface area contributed by atoms with Crippen molar-refractivity contribution in [3.8, 4) is 11.8 Å². The molecule has 0 aliphatic heterocycles. The molecule has 5 nitrogen and oxygen atoms in total. The summed E-state index contributed by atoms with van der Waals surface area (Å²) < 4.78 is 10.8.